The Kier molecular flexibility index (Phi) is 5.09. The number of anilines is 1. The molecule has 1 aromatic carbocycles. The Hall–Kier alpha value is -2.80. The molecule has 28 heavy (non-hydrogen) atoms. The van der Waals surface area contributed by atoms with Gasteiger partial charge in [0.25, 0.3) is 0 Å². The van der Waals surface area contributed by atoms with E-state index in [0.717, 1.165) is 48.6 Å². The molecule has 0 radical (unpaired) electrons. The first kappa shape index (κ1) is 18.6. The van der Waals surface area contributed by atoms with E-state index in [1.165, 1.54) is 0 Å². The van der Waals surface area contributed by atoms with E-state index in [0.29, 0.717) is 23.2 Å². The molecule has 1 aliphatic heterocycles. The van der Waals surface area contributed by atoms with Crippen LogP contribution in [-0.2, 0) is 6.54 Å². The second kappa shape index (κ2) is 7.67. The summed E-state index contributed by atoms with van der Waals surface area (Å²) in [6.45, 7) is 5.65. The van der Waals surface area contributed by atoms with Gasteiger partial charge in [-0.25, -0.2) is 9.67 Å². The van der Waals surface area contributed by atoms with Crippen LogP contribution in [0.25, 0.3) is 11.0 Å². The van der Waals surface area contributed by atoms with Gasteiger partial charge in [0.1, 0.15) is 18.1 Å². The van der Waals surface area contributed by atoms with Crippen molar-refractivity contribution in [3.63, 3.8) is 0 Å². The maximum atomic E-state index is 8.55. The number of halogens is 1. The van der Waals surface area contributed by atoms with Gasteiger partial charge in [-0.2, -0.15) is 5.10 Å². The van der Waals surface area contributed by atoms with Crippen molar-refractivity contribution in [2.75, 3.05) is 38.2 Å². The molecule has 0 unspecified atom stereocenters. The standard InChI is InChI=1S/C20H23ClN6O/c1-14-16-4-3-7-23-20(16)27(24-14)13-19(22)26-10-8-25(9-11-26)15-5-6-17(21)18(12-15)28-2/h3-7,12,22H,8-11,13H2,1-2H3. The Morgan fingerprint density at radius 2 is 2.00 bits per heavy atom. The summed E-state index contributed by atoms with van der Waals surface area (Å²) in [5, 5.41) is 14.8. The molecule has 2 aromatic heterocycles. The third-order valence-corrected chi connectivity index (χ3v) is 5.46. The third kappa shape index (κ3) is 3.49. The van der Waals surface area contributed by atoms with Gasteiger partial charge in [0.05, 0.1) is 17.8 Å². The molecule has 0 amide bonds. The van der Waals surface area contributed by atoms with E-state index in [2.05, 4.69) is 19.9 Å². The molecule has 146 valence electrons. The molecule has 3 heterocycles. The minimum Gasteiger partial charge on any atom is -0.495 e. The molecule has 4 rings (SSSR count). The van der Waals surface area contributed by atoms with Crippen LogP contribution in [-0.4, -0.2) is 58.8 Å². The summed E-state index contributed by atoms with van der Waals surface area (Å²) < 4.78 is 7.14. The zero-order chi connectivity index (χ0) is 19.7. The second-order valence-electron chi connectivity index (χ2n) is 6.86. The van der Waals surface area contributed by atoms with Gasteiger partial charge in [0.15, 0.2) is 5.65 Å². The molecule has 1 aliphatic rings. The number of aryl methyl sites for hydroxylation is 1. The Bertz CT molecular complexity index is 1010. The lowest BCUT2D eigenvalue weighted by Gasteiger charge is -2.37. The topological polar surface area (TPSA) is 70.3 Å². The first-order valence-electron chi connectivity index (χ1n) is 9.26. The lowest BCUT2D eigenvalue weighted by molar-refractivity contribution is 0.371. The number of pyridine rings is 1. The first-order valence-corrected chi connectivity index (χ1v) is 9.63. The molecule has 0 saturated carbocycles. The fourth-order valence-corrected chi connectivity index (χ4v) is 3.79. The van der Waals surface area contributed by atoms with E-state index in [-0.39, 0.29) is 0 Å². The summed E-state index contributed by atoms with van der Waals surface area (Å²) in [4.78, 5) is 8.83. The smallest absolute Gasteiger partial charge is 0.158 e. The molecular formula is C20H23ClN6O. The predicted octanol–water partition coefficient (Wildman–Crippen LogP) is 3.20. The van der Waals surface area contributed by atoms with Crippen LogP contribution >= 0.6 is 11.6 Å². The van der Waals surface area contributed by atoms with Crippen LogP contribution in [0.4, 0.5) is 5.69 Å². The summed E-state index contributed by atoms with van der Waals surface area (Å²) in [5.74, 6) is 1.24. The van der Waals surface area contributed by atoms with Gasteiger partial charge < -0.3 is 14.5 Å². The zero-order valence-electron chi connectivity index (χ0n) is 16.0. The molecule has 0 spiro atoms. The van der Waals surface area contributed by atoms with E-state index in [4.69, 9.17) is 21.7 Å². The SMILES string of the molecule is COc1cc(N2CCN(C(=N)Cn3nc(C)c4cccnc43)CC2)ccc1Cl. The molecule has 1 fully saturated rings. The van der Waals surface area contributed by atoms with Crippen molar-refractivity contribution in [3.05, 3.63) is 47.2 Å². The van der Waals surface area contributed by atoms with Crippen molar-refractivity contribution >= 4 is 34.2 Å². The molecule has 0 atom stereocenters. The monoisotopic (exact) mass is 398 g/mol. The number of nitrogens with zero attached hydrogens (tertiary/aromatic N) is 5. The van der Waals surface area contributed by atoms with Crippen LogP contribution in [0.3, 0.4) is 0 Å². The number of benzene rings is 1. The van der Waals surface area contributed by atoms with Crippen molar-refractivity contribution in [1.29, 1.82) is 5.41 Å². The summed E-state index contributed by atoms with van der Waals surface area (Å²) in [5.41, 5.74) is 2.86. The lowest BCUT2D eigenvalue weighted by atomic mass is 10.2. The van der Waals surface area contributed by atoms with Crippen molar-refractivity contribution in [2.24, 2.45) is 0 Å². The van der Waals surface area contributed by atoms with Gasteiger partial charge >= 0.3 is 0 Å². The average Bonchev–Trinajstić information content (AvgIpc) is 3.04. The summed E-state index contributed by atoms with van der Waals surface area (Å²) in [6.07, 6.45) is 1.77. The van der Waals surface area contributed by atoms with Gasteiger partial charge in [-0.3, -0.25) is 5.41 Å². The summed E-state index contributed by atoms with van der Waals surface area (Å²) in [7, 11) is 1.62. The highest BCUT2D eigenvalue weighted by atomic mass is 35.5. The maximum Gasteiger partial charge on any atom is 0.158 e. The highest BCUT2D eigenvalue weighted by Crippen LogP contribution is 2.29. The number of fused-ring (bicyclic) bond motifs is 1. The van der Waals surface area contributed by atoms with Crippen LogP contribution in [0.2, 0.25) is 5.02 Å². The molecule has 0 bridgehead atoms. The first-order chi connectivity index (χ1) is 13.6. The van der Waals surface area contributed by atoms with E-state index in [1.807, 2.05) is 41.9 Å². The van der Waals surface area contributed by atoms with Crippen molar-refractivity contribution < 1.29 is 4.74 Å². The van der Waals surface area contributed by atoms with Gasteiger partial charge in [-0.15, -0.1) is 0 Å². The number of hydrogen-bond donors (Lipinski definition) is 1. The van der Waals surface area contributed by atoms with Crippen molar-refractivity contribution in [3.8, 4) is 5.75 Å². The molecule has 3 aromatic rings. The van der Waals surface area contributed by atoms with E-state index >= 15 is 0 Å². The van der Waals surface area contributed by atoms with Gasteiger partial charge in [0, 0.05) is 49.5 Å². The number of piperazine rings is 1. The van der Waals surface area contributed by atoms with Crippen molar-refractivity contribution in [1.82, 2.24) is 19.7 Å². The minimum atomic E-state index is 0.427. The molecule has 1 saturated heterocycles. The fraction of sp³-hybridized carbons (Fsp3) is 0.350. The van der Waals surface area contributed by atoms with E-state index in [9.17, 15) is 0 Å². The largest absolute Gasteiger partial charge is 0.495 e. The second-order valence-corrected chi connectivity index (χ2v) is 7.26. The van der Waals surface area contributed by atoms with Gasteiger partial charge in [-0.05, 0) is 31.2 Å². The zero-order valence-corrected chi connectivity index (χ0v) is 16.8. The van der Waals surface area contributed by atoms with Crippen LogP contribution in [0.15, 0.2) is 36.5 Å². The van der Waals surface area contributed by atoms with E-state index < -0.39 is 0 Å². The highest BCUT2D eigenvalue weighted by molar-refractivity contribution is 6.32. The number of amidine groups is 1. The Balaban J connectivity index is 1.41. The Morgan fingerprint density at radius 3 is 2.75 bits per heavy atom. The number of ether oxygens (including phenoxy) is 1. The molecule has 8 heteroatoms. The van der Waals surface area contributed by atoms with Crippen LogP contribution in [0.5, 0.6) is 5.75 Å². The third-order valence-electron chi connectivity index (χ3n) is 5.15. The number of nitrogens with one attached hydrogen (secondary N) is 1. The molecule has 7 nitrogen and oxygen atoms in total. The van der Waals surface area contributed by atoms with E-state index in [1.54, 1.807) is 13.3 Å². The summed E-state index contributed by atoms with van der Waals surface area (Å²) in [6, 6.07) is 9.77. The number of hydrogen-bond acceptors (Lipinski definition) is 5. The van der Waals surface area contributed by atoms with Crippen LogP contribution in [0.1, 0.15) is 5.69 Å². The van der Waals surface area contributed by atoms with Gasteiger partial charge in [0.2, 0.25) is 0 Å². The Morgan fingerprint density at radius 1 is 1.21 bits per heavy atom. The Labute approximate surface area is 169 Å². The normalized spacial score (nSPS) is 14.5. The van der Waals surface area contributed by atoms with Crippen molar-refractivity contribution in [2.45, 2.75) is 13.5 Å². The maximum absolute atomic E-state index is 8.55. The fourth-order valence-electron chi connectivity index (χ4n) is 3.60. The minimum absolute atomic E-state index is 0.427. The summed E-state index contributed by atoms with van der Waals surface area (Å²) >= 11 is 6.13. The number of rotatable bonds is 4. The number of aromatic nitrogens is 3. The quantitative estimate of drug-likeness (QED) is 0.539. The predicted molar refractivity (Wildman–Crippen MR) is 112 cm³/mol. The lowest BCUT2D eigenvalue weighted by Crippen LogP contribution is -2.49. The molecule has 1 N–H and O–H groups in total. The molecular weight excluding hydrogens is 376 g/mol. The average molecular weight is 399 g/mol. The molecule has 0 aliphatic carbocycles. The van der Waals surface area contributed by atoms with Gasteiger partial charge in [-0.1, -0.05) is 11.6 Å². The van der Waals surface area contributed by atoms with Crippen LogP contribution in [0, 0.1) is 12.3 Å². The number of methoxy groups -OCH3 is 1. The van der Waals surface area contributed by atoms with Crippen LogP contribution < -0.4 is 9.64 Å². The highest BCUT2D eigenvalue weighted by Gasteiger charge is 2.21.